The van der Waals surface area contributed by atoms with E-state index in [1.54, 1.807) is 13.0 Å². The Bertz CT molecular complexity index is 843. The maximum absolute atomic E-state index is 12.9. The van der Waals surface area contributed by atoms with Gasteiger partial charge in [-0.3, -0.25) is 9.36 Å². The first-order chi connectivity index (χ1) is 10.2. The standard InChI is InChI=1S/C14H12F3N2O2S.Y/c1-8-4-5-9(6-10(8)21-3)19-12(20)7-11(14(15,16)17)18(2)13(19)22;/h4,6-7H,1-3H3;/q-1;. The van der Waals surface area contributed by atoms with Crippen LogP contribution in [0.15, 0.2) is 23.0 Å². The van der Waals surface area contributed by atoms with Crippen LogP contribution in [0.5, 0.6) is 5.75 Å². The van der Waals surface area contributed by atoms with Gasteiger partial charge < -0.3 is 9.30 Å². The third-order valence-electron chi connectivity index (χ3n) is 3.16. The second kappa shape index (κ2) is 7.28. The van der Waals surface area contributed by atoms with Crippen LogP contribution in [-0.2, 0) is 45.9 Å². The third kappa shape index (κ3) is 3.92. The van der Waals surface area contributed by atoms with Crippen molar-refractivity contribution in [2.45, 2.75) is 13.1 Å². The van der Waals surface area contributed by atoms with E-state index in [1.807, 2.05) is 0 Å². The van der Waals surface area contributed by atoms with E-state index in [1.165, 1.54) is 13.2 Å². The van der Waals surface area contributed by atoms with Crippen LogP contribution < -0.4 is 10.3 Å². The van der Waals surface area contributed by atoms with Crippen molar-refractivity contribution in [2.75, 3.05) is 7.11 Å². The van der Waals surface area contributed by atoms with E-state index in [9.17, 15) is 18.0 Å². The van der Waals surface area contributed by atoms with E-state index in [2.05, 4.69) is 6.07 Å². The first-order valence-corrected chi connectivity index (χ1v) is 6.54. The van der Waals surface area contributed by atoms with Crippen LogP contribution >= 0.6 is 12.2 Å². The molecular formula is C14H12F3N2O2SY-. The average Bonchev–Trinajstić information content (AvgIpc) is 2.43. The molecule has 0 amide bonds. The Morgan fingerprint density at radius 2 is 1.91 bits per heavy atom. The Morgan fingerprint density at radius 1 is 1.30 bits per heavy atom. The van der Waals surface area contributed by atoms with Gasteiger partial charge in [-0.15, -0.1) is 11.6 Å². The Balaban J connectivity index is 0.00000264. The van der Waals surface area contributed by atoms with Gasteiger partial charge in [-0.1, -0.05) is 12.6 Å². The number of ether oxygens (including phenoxy) is 1. The SMILES string of the molecule is COc1cc(-n2c(=O)cc(C(F)(F)F)n(C)c2=S)[c-]cc1C.[Y]. The minimum absolute atomic E-state index is 0. The van der Waals surface area contributed by atoms with E-state index in [0.29, 0.717) is 11.8 Å². The monoisotopic (exact) mass is 418 g/mol. The average molecular weight is 418 g/mol. The van der Waals surface area contributed by atoms with Crippen molar-refractivity contribution in [1.29, 1.82) is 0 Å². The minimum Gasteiger partial charge on any atom is -0.522 e. The molecule has 23 heavy (non-hydrogen) atoms. The normalized spacial score (nSPS) is 11.0. The molecule has 121 valence electrons. The zero-order valence-corrected chi connectivity index (χ0v) is 16.2. The maximum Gasteiger partial charge on any atom is 0.431 e. The quantitative estimate of drug-likeness (QED) is 0.556. The minimum atomic E-state index is -4.66. The summed E-state index contributed by atoms with van der Waals surface area (Å²) in [7, 11) is 2.61. The van der Waals surface area contributed by atoms with Gasteiger partial charge in [0.25, 0.3) is 5.56 Å². The molecule has 0 aliphatic rings. The van der Waals surface area contributed by atoms with Crippen LogP contribution in [0.4, 0.5) is 13.2 Å². The molecule has 0 saturated heterocycles. The number of alkyl halides is 3. The van der Waals surface area contributed by atoms with Gasteiger partial charge in [0.05, 0.1) is 7.11 Å². The van der Waals surface area contributed by atoms with Crippen molar-refractivity contribution < 1.29 is 50.6 Å². The molecule has 0 aliphatic heterocycles. The number of hydrogen-bond acceptors (Lipinski definition) is 3. The van der Waals surface area contributed by atoms with Gasteiger partial charge in [-0.2, -0.15) is 25.3 Å². The smallest absolute Gasteiger partial charge is 0.431 e. The van der Waals surface area contributed by atoms with Gasteiger partial charge in [0.15, 0.2) is 4.77 Å². The Labute approximate surface area is 160 Å². The van der Waals surface area contributed by atoms with E-state index >= 15 is 0 Å². The van der Waals surface area contributed by atoms with Crippen molar-refractivity contribution in [3.63, 3.8) is 0 Å². The summed E-state index contributed by atoms with van der Waals surface area (Å²) in [6.07, 6.45) is -4.66. The fourth-order valence-electron chi connectivity index (χ4n) is 2.00. The van der Waals surface area contributed by atoms with E-state index in [-0.39, 0.29) is 43.2 Å². The molecule has 0 N–H and O–H groups in total. The van der Waals surface area contributed by atoms with Crippen LogP contribution in [0.1, 0.15) is 11.3 Å². The van der Waals surface area contributed by atoms with Crippen molar-refractivity contribution in [3.8, 4) is 11.4 Å². The zero-order valence-electron chi connectivity index (χ0n) is 12.6. The Hall–Kier alpha value is -0.986. The molecule has 4 nitrogen and oxygen atoms in total. The molecule has 9 heteroatoms. The van der Waals surface area contributed by atoms with E-state index in [0.717, 1.165) is 21.7 Å². The molecule has 2 rings (SSSR count). The number of nitrogens with zero attached hydrogens (tertiary/aromatic N) is 2. The van der Waals surface area contributed by atoms with Gasteiger partial charge in [0.2, 0.25) is 0 Å². The predicted molar refractivity (Wildman–Crippen MR) is 77.0 cm³/mol. The molecule has 0 atom stereocenters. The molecule has 1 radical (unpaired) electrons. The largest absolute Gasteiger partial charge is 0.522 e. The number of rotatable bonds is 2. The molecule has 0 aliphatic carbocycles. The molecule has 0 fully saturated rings. The molecule has 1 heterocycles. The van der Waals surface area contributed by atoms with Crippen molar-refractivity contribution in [1.82, 2.24) is 9.13 Å². The van der Waals surface area contributed by atoms with Crippen molar-refractivity contribution >= 4 is 12.2 Å². The predicted octanol–water partition coefficient (Wildman–Crippen LogP) is 3.04. The van der Waals surface area contributed by atoms with Crippen LogP contribution in [0.25, 0.3) is 5.69 Å². The summed E-state index contributed by atoms with van der Waals surface area (Å²) >= 11 is 5.00. The Kier molecular flexibility index (Phi) is 6.35. The number of aromatic nitrogens is 2. The molecule has 1 aromatic carbocycles. The summed E-state index contributed by atoms with van der Waals surface area (Å²) in [6, 6.07) is 6.40. The summed E-state index contributed by atoms with van der Waals surface area (Å²) in [6.45, 7) is 1.78. The summed E-state index contributed by atoms with van der Waals surface area (Å²) in [5.41, 5.74) is -0.973. The summed E-state index contributed by atoms with van der Waals surface area (Å²) in [5.74, 6) is 0.484. The second-order valence-corrected chi connectivity index (χ2v) is 4.98. The van der Waals surface area contributed by atoms with Crippen LogP contribution in [0.2, 0.25) is 0 Å². The van der Waals surface area contributed by atoms with Gasteiger partial charge in [-0.25, -0.2) is 0 Å². The van der Waals surface area contributed by atoms with Crippen molar-refractivity contribution in [3.05, 3.63) is 50.6 Å². The maximum atomic E-state index is 12.9. The van der Waals surface area contributed by atoms with Crippen LogP contribution in [0, 0.1) is 17.8 Å². The fourth-order valence-corrected chi connectivity index (χ4v) is 2.29. The zero-order chi connectivity index (χ0) is 16.7. The number of aryl methyl sites for hydroxylation is 1. The number of halogens is 3. The van der Waals surface area contributed by atoms with Crippen LogP contribution in [0.3, 0.4) is 0 Å². The Morgan fingerprint density at radius 3 is 2.43 bits per heavy atom. The molecular weight excluding hydrogens is 406 g/mol. The van der Waals surface area contributed by atoms with Gasteiger partial charge in [-0.05, 0) is 12.2 Å². The topological polar surface area (TPSA) is 36.2 Å². The molecule has 0 unspecified atom stereocenters. The molecule has 0 saturated carbocycles. The molecule has 1 aromatic heterocycles. The molecule has 2 aromatic rings. The number of hydrogen-bond donors (Lipinski definition) is 0. The summed E-state index contributed by atoms with van der Waals surface area (Å²) < 4.78 is 45.2. The fraction of sp³-hybridized carbons (Fsp3) is 0.286. The van der Waals surface area contributed by atoms with E-state index < -0.39 is 17.4 Å². The summed E-state index contributed by atoms with van der Waals surface area (Å²) in [5, 5.41) is 0. The van der Waals surface area contributed by atoms with Crippen LogP contribution in [-0.4, -0.2) is 16.2 Å². The van der Waals surface area contributed by atoms with Crippen molar-refractivity contribution in [2.24, 2.45) is 7.05 Å². The van der Waals surface area contributed by atoms with Gasteiger partial charge in [0.1, 0.15) is 5.69 Å². The van der Waals surface area contributed by atoms with Gasteiger partial charge in [0, 0.05) is 51.6 Å². The first kappa shape index (κ1) is 20.1. The number of benzene rings is 1. The second-order valence-electron chi connectivity index (χ2n) is 4.61. The number of methoxy groups -OCH3 is 1. The van der Waals surface area contributed by atoms with E-state index in [4.69, 9.17) is 17.0 Å². The first-order valence-electron chi connectivity index (χ1n) is 6.13. The summed E-state index contributed by atoms with van der Waals surface area (Å²) in [4.78, 5) is 12.1. The molecule has 0 bridgehead atoms. The van der Waals surface area contributed by atoms with Gasteiger partial charge >= 0.3 is 6.18 Å². The molecule has 0 spiro atoms. The third-order valence-corrected chi connectivity index (χ3v) is 3.62.